The number of hydrogen-bond acceptors (Lipinski definition) is 4. The first-order valence-electron chi connectivity index (χ1n) is 7.28. The molecule has 1 saturated heterocycles. The van der Waals surface area contributed by atoms with Crippen molar-refractivity contribution in [2.75, 3.05) is 17.2 Å². The van der Waals surface area contributed by atoms with Gasteiger partial charge in [0.05, 0.1) is 10.6 Å². The zero-order valence-electron chi connectivity index (χ0n) is 12.2. The van der Waals surface area contributed by atoms with E-state index in [1.165, 1.54) is 0 Å². The highest BCUT2D eigenvalue weighted by atomic mass is 32.2. The SMILES string of the molecule is CCCS(=O)(=O)c1ccc(N2CCCCC2C(=O)O)cc1. The Morgan fingerprint density at radius 1 is 1.29 bits per heavy atom. The average molecular weight is 311 g/mol. The topological polar surface area (TPSA) is 74.7 Å². The van der Waals surface area contributed by atoms with Crippen molar-refractivity contribution in [3.63, 3.8) is 0 Å². The Hall–Kier alpha value is -1.56. The molecule has 0 aliphatic carbocycles. The number of rotatable bonds is 5. The predicted octanol–water partition coefficient (Wildman–Crippen LogP) is 2.31. The maximum atomic E-state index is 12.0. The quantitative estimate of drug-likeness (QED) is 0.903. The van der Waals surface area contributed by atoms with E-state index in [4.69, 9.17) is 0 Å². The van der Waals surface area contributed by atoms with Crippen molar-refractivity contribution in [1.82, 2.24) is 0 Å². The van der Waals surface area contributed by atoms with Crippen LogP contribution in [-0.2, 0) is 14.6 Å². The zero-order chi connectivity index (χ0) is 15.5. The highest BCUT2D eigenvalue weighted by molar-refractivity contribution is 7.91. The molecule has 1 N–H and O–H groups in total. The zero-order valence-corrected chi connectivity index (χ0v) is 13.0. The molecule has 2 rings (SSSR count). The van der Waals surface area contributed by atoms with Crippen molar-refractivity contribution in [2.45, 2.75) is 43.5 Å². The molecule has 0 radical (unpaired) electrons. The fourth-order valence-electron chi connectivity index (χ4n) is 2.73. The van der Waals surface area contributed by atoms with Crippen molar-refractivity contribution >= 4 is 21.5 Å². The molecule has 0 amide bonds. The summed E-state index contributed by atoms with van der Waals surface area (Å²) >= 11 is 0. The third-order valence-corrected chi connectivity index (χ3v) is 5.72. The largest absolute Gasteiger partial charge is 0.480 e. The molecule has 1 aliphatic rings. The lowest BCUT2D eigenvalue weighted by atomic mass is 10.0. The number of hydrogen-bond donors (Lipinski definition) is 1. The number of anilines is 1. The van der Waals surface area contributed by atoms with Crippen LogP contribution in [0.25, 0.3) is 0 Å². The van der Waals surface area contributed by atoms with E-state index in [2.05, 4.69) is 0 Å². The van der Waals surface area contributed by atoms with E-state index < -0.39 is 21.8 Å². The van der Waals surface area contributed by atoms with Gasteiger partial charge >= 0.3 is 5.97 Å². The van der Waals surface area contributed by atoms with Crippen LogP contribution in [-0.4, -0.2) is 37.8 Å². The van der Waals surface area contributed by atoms with Crippen LogP contribution in [0.2, 0.25) is 0 Å². The number of carboxylic acids is 1. The van der Waals surface area contributed by atoms with Crippen LogP contribution in [0.1, 0.15) is 32.6 Å². The Balaban J connectivity index is 2.24. The summed E-state index contributed by atoms with van der Waals surface area (Å²) in [5.74, 6) is -0.689. The second-order valence-electron chi connectivity index (χ2n) is 5.36. The Morgan fingerprint density at radius 3 is 2.52 bits per heavy atom. The first-order valence-corrected chi connectivity index (χ1v) is 8.93. The van der Waals surface area contributed by atoms with Gasteiger partial charge in [0.15, 0.2) is 9.84 Å². The molecule has 0 aromatic heterocycles. The Kier molecular flexibility index (Phi) is 4.88. The minimum atomic E-state index is -3.22. The highest BCUT2D eigenvalue weighted by Gasteiger charge is 2.28. The van der Waals surface area contributed by atoms with Gasteiger partial charge in [-0.25, -0.2) is 13.2 Å². The molecule has 1 heterocycles. The van der Waals surface area contributed by atoms with Gasteiger partial charge in [0.1, 0.15) is 6.04 Å². The van der Waals surface area contributed by atoms with Gasteiger partial charge in [-0.2, -0.15) is 0 Å². The molecule has 6 heteroatoms. The van der Waals surface area contributed by atoms with E-state index in [1.807, 2.05) is 11.8 Å². The van der Waals surface area contributed by atoms with E-state index in [0.29, 0.717) is 24.3 Å². The molecule has 21 heavy (non-hydrogen) atoms. The van der Waals surface area contributed by atoms with Crippen LogP contribution in [0.5, 0.6) is 0 Å². The van der Waals surface area contributed by atoms with E-state index in [0.717, 1.165) is 18.5 Å². The lowest BCUT2D eigenvalue weighted by molar-refractivity contribution is -0.139. The summed E-state index contributed by atoms with van der Waals surface area (Å²) in [6.07, 6.45) is 3.08. The summed E-state index contributed by atoms with van der Waals surface area (Å²) in [5, 5.41) is 9.29. The first kappa shape index (κ1) is 15.8. The average Bonchev–Trinajstić information content (AvgIpc) is 2.47. The van der Waals surface area contributed by atoms with Crippen LogP contribution in [0.15, 0.2) is 29.2 Å². The summed E-state index contributed by atoms with van der Waals surface area (Å²) in [4.78, 5) is 13.5. The van der Waals surface area contributed by atoms with E-state index in [1.54, 1.807) is 24.3 Å². The Bertz CT molecular complexity index is 595. The highest BCUT2D eigenvalue weighted by Crippen LogP contribution is 2.26. The summed E-state index contributed by atoms with van der Waals surface area (Å²) in [6.45, 7) is 2.52. The Morgan fingerprint density at radius 2 is 1.95 bits per heavy atom. The lowest BCUT2D eigenvalue weighted by Crippen LogP contribution is -2.44. The first-order chi connectivity index (χ1) is 9.95. The molecule has 1 unspecified atom stereocenters. The summed E-state index contributed by atoms with van der Waals surface area (Å²) < 4.78 is 24.0. The number of piperidine rings is 1. The molecular weight excluding hydrogens is 290 g/mol. The van der Waals surface area contributed by atoms with Crippen molar-refractivity contribution in [2.24, 2.45) is 0 Å². The normalized spacial score (nSPS) is 19.5. The van der Waals surface area contributed by atoms with Crippen LogP contribution in [0, 0.1) is 0 Å². The predicted molar refractivity (Wildman–Crippen MR) is 81.4 cm³/mol. The number of aliphatic carboxylic acids is 1. The van der Waals surface area contributed by atoms with Gasteiger partial charge in [-0.15, -0.1) is 0 Å². The van der Waals surface area contributed by atoms with Gasteiger partial charge in [0.25, 0.3) is 0 Å². The minimum Gasteiger partial charge on any atom is -0.480 e. The molecule has 1 aromatic rings. The molecule has 0 spiro atoms. The number of carbonyl (C=O) groups is 1. The van der Waals surface area contributed by atoms with Crippen LogP contribution < -0.4 is 4.90 Å². The van der Waals surface area contributed by atoms with E-state index >= 15 is 0 Å². The number of benzene rings is 1. The van der Waals surface area contributed by atoms with Gasteiger partial charge in [-0.1, -0.05) is 6.92 Å². The molecule has 1 fully saturated rings. The van der Waals surface area contributed by atoms with Crippen LogP contribution in [0.4, 0.5) is 5.69 Å². The minimum absolute atomic E-state index is 0.133. The Labute approximate surface area is 125 Å². The number of sulfone groups is 1. The van der Waals surface area contributed by atoms with Crippen LogP contribution in [0.3, 0.4) is 0 Å². The summed E-state index contributed by atoms with van der Waals surface area (Å²) in [6, 6.07) is 6.06. The second kappa shape index (κ2) is 6.47. The summed E-state index contributed by atoms with van der Waals surface area (Å²) in [5.41, 5.74) is 0.776. The second-order valence-corrected chi connectivity index (χ2v) is 7.47. The molecule has 116 valence electrons. The van der Waals surface area contributed by atoms with E-state index in [9.17, 15) is 18.3 Å². The third kappa shape index (κ3) is 3.56. The molecule has 1 aliphatic heterocycles. The third-order valence-electron chi connectivity index (χ3n) is 3.79. The van der Waals surface area contributed by atoms with Gasteiger partial charge in [0.2, 0.25) is 0 Å². The molecule has 1 aromatic carbocycles. The molecule has 0 bridgehead atoms. The number of carboxylic acid groups (broad SMARTS) is 1. The van der Waals surface area contributed by atoms with Gasteiger partial charge < -0.3 is 10.0 Å². The van der Waals surface area contributed by atoms with Crippen molar-refractivity contribution in [3.05, 3.63) is 24.3 Å². The lowest BCUT2D eigenvalue weighted by Gasteiger charge is -2.34. The monoisotopic (exact) mass is 311 g/mol. The van der Waals surface area contributed by atoms with Gasteiger partial charge in [-0.05, 0) is 49.9 Å². The fraction of sp³-hybridized carbons (Fsp3) is 0.533. The molecule has 1 atom stereocenters. The maximum absolute atomic E-state index is 12.0. The maximum Gasteiger partial charge on any atom is 0.326 e. The summed E-state index contributed by atoms with van der Waals surface area (Å²) in [7, 11) is -3.22. The smallest absolute Gasteiger partial charge is 0.326 e. The molecule has 0 saturated carbocycles. The van der Waals surface area contributed by atoms with E-state index in [-0.39, 0.29) is 5.75 Å². The van der Waals surface area contributed by atoms with Crippen molar-refractivity contribution in [1.29, 1.82) is 0 Å². The molecule has 5 nitrogen and oxygen atoms in total. The van der Waals surface area contributed by atoms with Crippen LogP contribution >= 0.6 is 0 Å². The van der Waals surface area contributed by atoms with Crippen molar-refractivity contribution in [3.8, 4) is 0 Å². The fourth-order valence-corrected chi connectivity index (χ4v) is 4.05. The standard InChI is InChI=1S/C15H21NO4S/c1-2-11-21(19,20)13-8-6-12(7-9-13)16-10-4-3-5-14(16)15(17)18/h6-9,14H,2-5,10-11H2,1H3,(H,17,18). The van der Waals surface area contributed by atoms with Gasteiger partial charge in [0, 0.05) is 12.2 Å². The van der Waals surface area contributed by atoms with Gasteiger partial charge in [-0.3, -0.25) is 0 Å². The molecular formula is C15H21NO4S. The van der Waals surface area contributed by atoms with Crippen molar-refractivity contribution < 1.29 is 18.3 Å². The number of nitrogens with zero attached hydrogens (tertiary/aromatic N) is 1.